The molecule has 0 radical (unpaired) electrons. The third kappa shape index (κ3) is 5.56. The van der Waals surface area contributed by atoms with Crippen molar-refractivity contribution in [1.29, 1.82) is 0 Å². The second-order valence-corrected chi connectivity index (χ2v) is 7.80. The van der Waals surface area contributed by atoms with Crippen LogP contribution in [0.3, 0.4) is 0 Å². The van der Waals surface area contributed by atoms with Crippen molar-refractivity contribution in [2.45, 2.75) is 17.9 Å². The van der Waals surface area contributed by atoms with Gasteiger partial charge in [-0.05, 0) is 48.2 Å². The summed E-state index contributed by atoms with van der Waals surface area (Å²) in [6, 6.07) is 14.4. The highest BCUT2D eigenvalue weighted by molar-refractivity contribution is 7.98. The number of rotatable bonds is 7. The average molecular weight is 446 g/mol. The molecule has 0 N–H and O–H groups in total. The number of aromatic nitrogens is 2. The van der Waals surface area contributed by atoms with Crippen LogP contribution in [-0.2, 0) is 11.3 Å². The van der Waals surface area contributed by atoms with Gasteiger partial charge in [0.15, 0.2) is 5.82 Å². The molecule has 2 aromatic carbocycles. The number of thioether (sulfide) groups is 1. The molecule has 0 spiro atoms. The van der Waals surface area contributed by atoms with Gasteiger partial charge in [0, 0.05) is 23.0 Å². The van der Waals surface area contributed by atoms with Crippen LogP contribution in [0.4, 0.5) is 5.69 Å². The van der Waals surface area contributed by atoms with Gasteiger partial charge in [0.1, 0.15) is 0 Å². The summed E-state index contributed by atoms with van der Waals surface area (Å²) in [7, 11) is 0. The van der Waals surface area contributed by atoms with Gasteiger partial charge in [0.05, 0.1) is 23.0 Å². The number of carbonyl (C=O) groups is 2. The molecule has 3 aromatic rings. The molecule has 0 aliphatic heterocycles. The summed E-state index contributed by atoms with van der Waals surface area (Å²) in [5, 5.41) is 0.845. The molecule has 148 valence electrons. The first-order chi connectivity index (χ1) is 14.0. The summed E-state index contributed by atoms with van der Waals surface area (Å²) < 4.78 is 0. The monoisotopic (exact) mass is 445 g/mol. The molecule has 8 heteroatoms. The number of anilines is 1. The molecule has 1 heterocycles. The Kier molecular flexibility index (Phi) is 7.25. The normalized spacial score (nSPS) is 10.6. The second kappa shape index (κ2) is 9.87. The van der Waals surface area contributed by atoms with E-state index in [0.29, 0.717) is 15.7 Å². The topological polar surface area (TPSA) is 63.2 Å². The van der Waals surface area contributed by atoms with Crippen molar-refractivity contribution in [3.8, 4) is 0 Å². The van der Waals surface area contributed by atoms with Crippen molar-refractivity contribution in [3.05, 3.63) is 82.4 Å². The predicted molar refractivity (Wildman–Crippen MR) is 117 cm³/mol. The molecule has 1 aromatic heterocycles. The second-order valence-electron chi connectivity index (χ2n) is 6.10. The molecule has 0 unspecified atom stereocenters. The number of Topliss-reactive ketones (excluding diaryl/α,β-unsaturated/α-hetero) is 1. The third-order valence-electron chi connectivity index (χ3n) is 4.12. The SMILES string of the molecule is CSc1cccc(N(Cc2ccc(Cl)c(Cl)c2)C(=O)CC(=O)c2ncccn2)c1. The van der Waals surface area contributed by atoms with Gasteiger partial charge in [-0.1, -0.05) is 35.3 Å². The molecule has 0 saturated heterocycles. The van der Waals surface area contributed by atoms with Crippen molar-refractivity contribution in [1.82, 2.24) is 9.97 Å². The van der Waals surface area contributed by atoms with Crippen LogP contribution in [-0.4, -0.2) is 27.9 Å². The van der Waals surface area contributed by atoms with Gasteiger partial charge in [-0.25, -0.2) is 9.97 Å². The molecule has 0 fully saturated rings. The van der Waals surface area contributed by atoms with E-state index in [2.05, 4.69) is 9.97 Å². The van der Waals surface area contributed by atoms with Crippen molar-refractivity contribution < 1.29 is 9.59 Å². The fraction of sp³-hybridized carbons (Fsp3) is 0.143. The van der Waals surface area contributed by atoms with Crippen LogP contribution in [0.2, 0.25) is 10.0 Å². The Morgan fingerprint density at radius 2 is 1.76 bits per heavy atom. The van der Waals surface area contributed by atoms with E-state index in [4.69, 9.17) is 23.2 Å². The number of benzene rings is 2. The maximum absolute atomic E-state index is 13.1. The van der Waals surface area contributed by atoms with Crippen LogP contribution < -0.4 is 4.90 Å². The number of halogens is 2. The summed E-state index contributed by atoms with van der Waals surface area (Å²) >= 11 is 13.7. The van der Waals surface area contributed by atoms with Crippen LogP contribution >= 0.6 is 35.0 Å². The average Bonchev–Trinajstić information content (AvgIpc) is 2.75. The molecule has 0 aliphatic carbocycles. The lowest BCUT2D eigenvalue weighted by atomic mass is 10.1. The van der Waals surface area contributed by atoms with E-state index in [1.54, 1.807) is 40.9 Å². The fourth-order valence-electron chi connectivity index (χ4n) is 2.68. The molecule has 29 heavy (non-hydrogen) atoms. The van der Waals surface area contributed by atoms with E-state index in [1.165, 1.54) is 12.4 Å². The number of hydrogen-bond donors (Lipinski definition) is 0. The van der Waals surface area contributed by atoms with Crippen molar-refractivity contribution >= 4 is 52.3 Å². The molecule has 0 bridgehead atoms. The zero-order valence-corrected chi connectivity index (χ0v) is 17.8. The Morgan fingerprint density at radius 3 is 2.45 bits per heavy atom. The van der Waals surface area contributed by atoms with E-state index in [0.717, 1.165) is 10.5 Å². The Morgan fingerprint density at radius 1 is 1.00 bits per heavy atom. The van der Waals surface area contributed by atoms with E-state index in [1.807, 2.05) is 30.5 Å². The summed E-state index contributed by atoms with van der Waals surface area (Å²) in [5.41, 5.74) is 1.49. The minimum absolute atomic E-state index is 0.0215. The van der Waals surface area contributed by atoms with Crippen molar-refractivity contribution in [2.75, 3.05) is 11.2 Å². The summed E-state index contributed by atoms with van der Waals surface area (Å²) in [5.74, 6) is -0.768. The molecular weight excluding hydrogens is 429 g/mol. The van der Waals surface area contributed by atoms with Gasteiger partial charge >= 0.3 is 0 Å². The lowest BCUT2D eigenvalue weighted by molar-refractivity contribution is -0.117. The molecule has 0 aliphatic rings. The number of carbonyl (C=O) groups excluding carboxylic acids is 2. The van der Waals surface area contributed by atoms with Gasteiger partial charge in [0.2, 0.25) is 11.7 Å². The van der Waals surface area contributed by atoms with Crippen LogP contribution in [0, 0.1) is 0 Å². The number of nitrogens with zero attached hydrogens (tertiary/aromatic N) is 3. The highest BCUT2D eigenvalue weighted by atomic mass is 35.5. The van der Waals surface area contributed by atoms with Gasteiger partial charge < -0.3 is 4.90 Å². The van der Waals surface area contributed by atoms with Crippen molar-refractivity contribution in [3.63, 3.8) is 0 Å². The fourth-order valence-corrected chi connectivity index (χ4v) is 3.45. The van der Waals surface area contributed by atoms with Crippen molar-refractivity contribution in [2.24, 2.45) is 0 Å². The molecule has 5 nitrogen and oxygen atoms in total. The lowest BCUT2D eigenvalue weighted by Gasteiger charge is -2.23. The number of ketones is 1. The first kappa shape index (κ1) is 21.3. The molecule has 3 rings (SSSR count). The molecule has 0 atom stereocenters. The van der Waals surface area contributed by atoms with Crippen LogP contribution in [0.15, 0.2) is 65.8 Å². The van der Waals surface area contributed by atoms with E-state index >= 15 is 0 Å². The Balaban J connectivity index is 1.89. The number of amides is 1. The summed E-state index contributed by atoms with van der Waals surface area (Å²) in [4.78, 5) is 35.9. The standard InChI is InChI=1S/C21H17Cl2N3O2S/c1-29-16-5-2-4-15(11-16)26(13-14-6-7-17(22)18(23)10-14)20(28)12-19(27)21-24-8-3-9-25-21/h2-11H,12-13H2,1H3. The smallest absolute Gasteiger partial charge is 0.235 e. The Hall–Kier alpha value is -2.41. The van der Waals surface area contributed by atoms with Gasteiger partial charge in [-0.3, -0.25) is 9.59 Å². The van der Waals surface area contributed by atoms with Crippen LogP contribution in [0.5, 0.6) is 0 Å². The summed E-state index contributed by atoms with van der Waals surface area (Å²) in [6.45, 7) is 0.247. The zero-order chi connectivity index (χ0) is 20.8. The Labute approximate surface area is 183 Å². The largest absolute Gasteiger partial charge is 0.308 e. The number of hydrogen-bond acceptors (Lipinski definition) is 5. The van der Waals surface area contributed by atoms with E-state index in [-0.39, 0.29) is 24.7 Å². The lowest BCUT2D eigenvalue weighted by Crippen LogP contribution is -2.32. The van der Waals surface area contributed by atoms with Gasteiger partial charge in [-0.15, -0.1) is 11.8 Å². The molecule has 1 amide bonds. The van der Waals surface area contributed by atoms with Crippen LogP contribution in [0.25, 0.3) is 0 Å². The minimum Gasteiger partial charge on any atom is -0.308 e. The highest BCUT2D eigenvalue weighted by Gasteiger charge is 2.22. The maximum atomic E-state index is 13.1. The Bertz CT molecular complexity index is 1030. The highest BCUT2D eigenvalue weighted by Crippen LogP contribution is 2.27. The van der Waals surface area contributed by atoms with E-state index < -0.39 is 5.78 Å². The molecule has 0 saturated carbocycles. The first-order valence-electron chi connectivity index (χ1n) is 8.66. The minimum atomic E-state index is -0.434. The third-order valence-corrected chi connectivity index (χ3v) is 5.58. The van der Waals surface area contributed by atoms with Gasteiger partial charge in [0.25, 0.3) is 0 Å². The quantitative estimate of drug-likeness (QED) is 0.280. The zero-order valence-electron chi connectivity index (χ0n) is 15.5. The van der Waals surface area contributed by atoms with E-state index in [9.17, 15) is 9.59 Å². The maximum Gasteiger partial charge on any atom is 0.235 e. The first-order valence-corrected chi connectivity index (χ1v) is 10.6. The summed E-state index contributed by atoms with van der Waals surface area (Å²) in [6.07, 6.45) is 4.57. The molecular formula is C21H17Cl2N3O2S. The predicted octanol–water partition coefficient (Wildman–Crippen LogP) is 5.31. The van der Waals surface area contributed by atoms with Gasteiger partial charge in [-0.2, -0.15) is 0 Å². The van der Waals surface area contributed by atoms with Crippen LogP contribution in [0.1, 0.15) is 22.6 Å².